The van der Waals surface area contributed by atoms with E-state index in [0.717, 1.165) is 43.7 Å². The molecule has 0 aliphatic rings. The van der Waals surface area contributed by atoms with Crippen molar-refractivity contribution >= 4 is 0 Å². The van der Waals surface area contributed by atoms with Crippen LogP contribution in [-0.4, -0.2) is 69.3 Å². The molecule has 0 bridgehead atoms. The van der Waals surface area contributed by atoms with Gasteiger partial charge in [-0.3, -0.25) is 0 Å². The van der Waals surface area contributed by atoms with Crippen molar-refractivity contribution in [3.05, 3.63) is 24.3 Å². The maximum absolute atomic E-state index is 9.02. The van der Waals surface area contributed by atoms with Crippen molar-refractivity contribution < 1.29 is 19.1 Å². The van der Waals surface area contributed by atoms with Crippen molar-refractivity contribution in [1.82, 2.24) is 0 Å². The van der Waals surface area contributed by atoms with E-state index in [-0.39, 0.29) is 6.10 Å². The molecule has 0 saturated carbocycles. The molecule has 0 amide bonds. The van der Waals surface area contributed by atoms with Crippen molar-refractivity contribution in [2.24, 2.45) is 0 Å². The van der Waals surface area contributed by atoms with Crippen LogP contribution in [0.2, 0.25) is 0 Å². The molecule has 1 atom stereocenters. The van der Waals surface area contributed by atoms with E-state index in [2.05, 4.69) is 52.2 Å². The summed E-state index contributed by atoms with van der Waals surface area (Å²) in [5, 5.41) is 9.02. The fourth-order valence-electron chi connectivity index (χ4n) is 7.42. The van der Waals surface area contributed by atoms with Gasteiger partial charge in [-0.25, -0.2) is 0 Å². The zero-order chi connectivity index (χ0) is 38.6. The molecule has 0 aromatic heterocycles. The molecule has 0 spiro atoms. The van der Waals surface area contributed by atoms with E-state index in [1.165, 1.54) is 212 Å². The largest absolute Gasteiger partial charge is 0.396 e. The number of hydrogen-bond acceptors (Lipinski definition) is 3. The Bertz CT molecular complexity index is 735. The molecule has 0 radical (unpaired) electrons. The standard InChI is InChI=1S/C49H98NO3/c1-5-7-9-11-13-15-17-19-21-23-25-27-29-33-37-41-45-52-48-49(47-50(3,4)43-39-35-31-32-36-40-44-51)53-46-42-38-34-30-28-26-24-22-20-18-16-14-12-10-8-6-2/h19-22,49,51H,5-18,23-48H2,1-4H3/q+1. The Hall–Kier alpha value is -0.680. The third-order valence-electron chi connectivity index (χ3n) is 11.0. The molecular weight excluding hydrogens is 651 g/mol. The van der Waals surface area contributed by atoms with Gasteiger partial charge in [0.2, 0.25) is 0 Å². The van der Waals surface area contributed by atoms with E-state index in [9.17, 15) is 0 Å². The van der Waals surface area contributed by atoms with E-state index in [4.69, 9.17) is 14.6 Å². The molecule has 1 N–H and O–H groups in total. The lowest BCUT2D eigenvalue weighted by molar-refractivity contribution is -0.893. The first kappa shape index (κ1) is 52.3. The lowest BCUT2D eigenvalue weighted by Gasteiger charge is -2.33. The van der Waals surface area contributed by atoms with E-state index in [1.807, 2.05) is 0 Å². The summed E-state index contributed by atoms with van der Waals surface area (Å²) in [5.74, 6) is 0. The molecule has 4 heteroatoms. The van der Waals surface area contributed by atoms with Crippen LogP contribution in [0.1, 0.15) is 232 Å². The van der Waals surface area contributed by atoms with Crippen LogP contribution in [0.15, 0.2) is 24.3 Å². The minimum atomic E-state index is 0.187. The zero-order valence-corrected chi connectivity index (χ0v) is 36.9. The maximum atomic E-state index is 9.02. The highest BCUT2D eigenvalue weighted by molar-refractivity contribution is 4.82. The Labute approximate surface area is 334 Å². The van der Waals surface area contributed by atoms with E-state index in [0.29, 0.717) is 6.61 Å². The summed E-state index contributed by atoms with van der Waals surface area (Å²) in [6.07, 6.45) is 54.7. The van der Waals surface area contributed by atoms with Crippen molar-refractivity contribution in [1.29, 1.82) is 0 Å². The van der Waals surface area contributed by atoms with Crippen LogP contribution in [0.3, 0.4) is 0 Å². The molecule has 0 rings (SSSR count). The molecule has 316 valence electrons. The maximum Gasteiger partial charge on any atom is 0.130 e. The fraction of sp³-hybridized carbons (Fsp3) is 0.918. The molecule has 0 heterocycles. The predicted octanol–water partition coefficient (Wildman–Crippen LogP) is 14.9. The summed E-state index contributed by atoms with van der Waals surface area (Å²) in [7, 11) is 4.74. The van der Waals surface area contributed by atoms with Gasteiger partial charge in [0.05, 0.1) is 27.2 Å². The third-order valence-corrected chi connectivity index (χ3v) is 11.0. The Morgan fingerprint density at radius 2 is 0.792 bits per heavy atom. The average molecular weight is 749 g/mol. The first-order chi connectivity index (χ1) is 26.1. The second kappa shape index (κ2) is 44.0. The van der Waals surface area contributed by atoms with Gasteiger partial charge in [0, 0.05) is 19.8 Å². The van der Waals surface area contributed by atoms with Crippen molar-refractivity contribution in [3.63, 3.8) is 0 Å². The molecule has 0 aromatic carbocycles. The normalized spacial score (nSPS) is 12.9. The lowest BCUT2D eigenvalue weighted by atomic mass is 10.1. The smallest absolute Gasteiger partial charge is 0.130 e. The molecule has 0 aliphatic carbocycles. The Kier molecular flexibility index (Phi) is 43.5. The summed E-state index contributed by atoms with van der Waals surface area (Å²) < 4.78 is 13.8. The van der Waals surface area contributed by atoms with E-state index < -0.39 is 0 Å². The minimum absolute atomic E-state index is 0.187. The van der Waals surface area contributed by atoms with Crippen LogP contribution < -0.4 is 0 Å². The number of rotatable bonds is 45. The van der Waals surface area contributed by atoms with Crippen LogP contribution in [0.4, 0.5) is 0 Å². The van der Waals surface area contributed by atoms with Gasteiger partial charge in [-0.1, -0.05) is 173 Å². The number of likely N-dealkylation sites (N-methyl/N-ethyl adjacent to an activating group) is 1. The molecule has 53 heavy (non-hydrogen) atoms. The molecule has 0 aromatic rings. The Balaban J connectivity index is 4.13. The van der Waals surface area contributed by atoms with Gasteiger partial charge in [0.1, 0.15) is 12.6 Å². The molecular formula is C49H98NO3+. The van der Waals surface area contributed by atoms with Gasteiger partial charge in [0.15, 0.2) is 0 Å². The van der Waals surface area contributed by atoms with Crippen LogP contribution in [0.25, 0.3) is 0 Å². The summed E-state index contributed by atoms with van der Waals surface area (Å²) in [6, 6.07) is 0. The van der Waals surface area contributed by atoms with Gasteiger partial charge in [-0.2, -0.15) is 0 Å². The van der Waals surface area contributed by atoms with Gasteiger partial charge in [-0.15, -0.1) is 0 Å². The highest BCUT2D eigenvalue weighted by atomic mass is 16.5. The summed E-state index contributed by atoms with van der Waals surface area (Å²) in [6.45, 7) is 9.63. The van der Waals surface area contributed by atoms with Gasteiger partial charge >= 0.3 is 0 Å². The van der Waals surface area contributed by atoms with Gasteiger partial charge in [-0.05, 0) is 83.5 Å². The number of quaternary nitrogens is 1. The molecule has 1 unspecified atom stereocenters. The number of aliphatic hydroxyl groups is 1. The summed E-state index contributed by atoms with van der Waals surface area (Å²) >= 11 is 0. The van der Waals surface area contributed by atoms with Crippen molar-refractivity contribution in [2.75, 3.05) is 53.6 Å². The molecule has 4 nitrogen and oxygen atoms in total. The molecule has 0 saturated heterocycles. The molecule has 0 fully saturated rings. The number of ether oxygens (including phenoxy) is 2. The van der Waals surface area contributed by atoms with Crippen molar-refractivity contribution in [3.8, 4) is 0 Å². The fourth-order valence-corrected chi connectivity index (χ4v) is 7.42. The third kappa shape index (κ3) is 43.9. The SMILES string of the molecule is CCCCCCCCC=CCCCCCCCCOCC(C[N+](C)(C)CCCCCCCCO)OCCCCCCCCC=CCCCCCCCC. The number of aliphatic hydroxyl groups excluding tert-OH is 1. The number of hydrogen-bond donors (Lipinski definition) is 1. The zero-order valence-electron chi connectivity index (χ0n) is 36.9. The Morgan fingerprint density at radius 3 is 1.23 bits per heavy atom. The predicted molar refractivity (Wildman–Crippen MR) is 236 cm³/mol. The number of unbranched alkanes of at least 4 members (excludes halogenated alkanes) is 29. The Morgan fingerprint density at radius 1 is 0.434 bits per heavy atom. The minimum Gasteiger partial charge on any atom is -0.396 e. The monoisotopic (exact) mass is 749 g/mol. The van der Waals surface area contributed by atoms with Gasteiger partial charge < -0.3 is 19.1 Å². The summed E-state index contributed by atoms with van der Waals surface area (Å²) in [4.78, 5) is 0. The second-order valence-electron chi connectivity index (χ2n) is 17.1. The topological polar surface area (TPSA) is 38.7 Å². The van der Waals surface area contributed by atoms with Crippen LogP contribution in [-0.2, 0) is 9.47 Å². The van der Waals surface area contributed by atoms with Crippen molar-refractivity contribution in [2.45, 2.75) is 238 Å². The highest BCUT2D eigenvalue weighted by Gasteiger charge is 2.23. The van der Waals surface area contributed by atoms with Crippen LogP contribution in [0, 0.1) is 0 Å². The summed E-state index contributed by atoms with van der Waals surface area (Å²) in [5.41, 5.74) is 0. The quantitative estimate of drug-likeness (QED) is 0.0383. The van der Waals surface area contributed by atoms with Crippen LogP contribution >= 0.6 is 0 Å². The van der Waals surface area contributed by atoms with E-state index >= 15 is 0 Å². The first-order valence-electron chi connectivity index (χ1n) is 24.0. The lowest BCUT2D eigenvalue weighted by Crippen LogP contribution is -2.48. The molecule has 0 aliphatic heterocycles. The van der Waals surface area contributed by atoms with Gasteiger partial charge in [0.25, 0.3) is 0 Å². The first-order valence-corrected chi connectivity index (χ1v) is 24.0. The highest BCUT2D eigenvalue weighted by Crippen LogP contribution is 2.14. The second-order valence-corrected chi connectivity index (χ2v) is 17.1. The number of nitrogens with zero attached hydrogens (tertiary/aromatic N) is 1. The average Bonchev–Trinajstić information content (AvgIpc) is 3.15. The van der Waals surface area contributed by atoms with Crippen LogP contribution in [0.5, 0.6) is 0 Å². The number of allylic oxidation sites excluding steroid dienone is 4. The van der Waals surface area contributed by atoms with E-state index in [1.54, 1.807) is 0 Å².